The quantitative estimate of drug-likeness (QED) is 0.128. The van der Waals surface area contributed by atoms with Crippen molar-refractivity contribution in [3.8, 4) is 0 Å². The lowest BCUT2D eigenvalue weighted by atomic mass is 9.82. The fraction of sp³-hybridized carbons (Fsp3) is 0.417. The Balaban J connectivity index is 2.25. The minimum atomic E-state index is -0.00144. The van der Waals surface area contributed by atoms with E-state index in [0.29, 0.717) is 0 Å². The Morgan fingerprint density at radius 2 is 1.32 bits per heavy atom. The molecule has 0 aromatic heterocycles. The van der Waals surface area contributed by atoms with Crippen LogP contribution in [0.4, 0.5) is 0 Å². The molecule has 28 heavy (non-hydrogen) atoms. The molecule has 0 saturated carbocycles. The third kappa shape index (κ3) is 6.77. The lowest BCUT2D eigenvalue weighted by Crippen LogP contribution is -2.10. The van der Waals surface area contributed by atoms with E-state index in [2.05, 4.69) is 16.2 Å². The molecule has 0 saturated heterocycles. The molecule has 0 spiro atoms. The highest BCUT2D eigenvalue weighted by Gasteiger charge is 2.22. The van der Waals surface area contributed by atoms with Crippen molar-refractivity contribution in [2.45, 2.75) is 64.2 Å². The molecule has 0 heterocycles. The Labute approximate surface area is 185 Å². The molecule has 2 rings (SSSR count). The van der Waals surface area contributed by atoms with Crippen molar-refractivity contribution < 1.29 is 9.59 Å². The molecule has 4 heteroatoms. The summed E-state index contributed by atoms with van der Waals surface area (Å²) in [6.07, 6.45) is 9.68. The first-order valence-corrected chi connectivity index (χ1v) is 11.9. The summed E-state index contributed by atoms with van der Waals surface area (Å²) in [6.45, 7) is 2.24. The highest BCUT2D eigenvalue weighted by atomic mass is 127. The molecule has 150 valence electrons. The van der Waals surface area contributed by atoms with Crippen LogP contribution < -0.4 is 0 Å². The second-order valence-corrected chi connectivity index (χ2v) is 8.78. The SMILES string of the molecule is CCCCCCCCCC(c1ccccc1C(=O)P)c1ccccc1C(=O)I. The minimum Gasteiger partial charge on any atom is -0.290 e. The van der Waals surface area contributed by atoms with E-state index in [4.69, 9.17) is 0 Å². The van der Waals surface area contributed by atoms with Gasteiger partial charge in [-0.2, -0.15) is 0 Å². The molecule has 0 amide bonds. The second kappa shape index (κ2) is 12.5. The number of unbranched alkanes of at least 4 members (excludes halogenated alkanes) is 6. The largest absolute Gasteiger partial charge is 0.290 e. The fourth-order valence-corrected chi connectivity index (χ4v) is 4.54. The molecule has 2 atom stereocenters. The zero-order valence-electron chi connectivity index (χ0n) is 16.6. The number of halogens is 1. The van der Waals surface area contributed by atoms with Gasteiger partial charge in [0.1, 0.15) is 0 Å². The van der Waals surface area contributed by atoms with Gasteiger partial charge >= 0.3 is 0 Å². The molecule has 0 aliphatic heterocycles. The lowest BCUT2D eigenvalue weighted by molar-refractivity contribution is 0.108. The maximum Gasteiger partial charge on any atom is 0.222 e. The average Bonchev–Trinajstić information content (AvgIpc) is 2.70. The van der Waals surface area contributed by atoms with Crippen LogP contribution in [0.5, 0.6) is 0 Å². The highest BCUT2D eigenvalue weighted by molar-refractivity contribution is 14.1. The summed E-state index contributed by atoms with van der Waals surface area (Å²) in [5.74, 6) is 0.0613. The van der Waals surface area contributed by atoms with Crippen LogP contribution in [0, 0.1) is 0 Å². The normalized spacial score (nSPS) is 12.0. The van der Waals surface area contributed by atoms with Crippen molar-refractivity contribution in [2.75, 3.05) is 0 Å². The summed E-state index contributed by atoms with van der Waals surface area (Å²) in [6, 6.07) is 15.7. The molecule has 2 aromatic carbocycles. The summed E-state index contributed by atoms with van der Waals surface area (Å²) in [5.41, 5.74) is 3.54. The first kappa shape index (κ1) is 23.2. The summed E-state index contributed by atoms with van der Waals surface area (Å²) in [4.78, 5) is 24.4. The summed E-state index contributed by atoms with van der Waals surface area (Å²) in [7, 11) is 2.29. The Bertz CT molecular complexity index is 730. The lowest BCUT2D eigenvalue weighted by Gasteiger charge is -2.22. The predicted octanol–water partition coefficient (Wildman–Crippen LogP) is 7.55. The first-order chi connectivity index (χ1) is 13.6. The topological polar surface area (TPSA) is 34.1 Å². The van der Waals surface area contributed by atoms with Crippen molar-refractivity contribution in [1.82, 2.24) is 0 Å². The molecule has 2 unspecified atom stereocenters. The van der Waals surface area contributed by atoms with Crippen LogP contribution in [0.3, 0.4) is 0 Å². The Morgan fingerprint density at radius 3 is 1.89 bits per heavy atom. The molecule has 0 bridgehead atoms. The van der Waals surface area contributed by atoms with Gasteiger partial charge in [-0.25, -0.2) is 0 Å². The molecular formula is C24H30IO2P. The van der Waals surface area contributed by atoms with E-state index in [1.54, 1.807) is 0 Å². The second-order valence-electron chi connectivity index (χ2n) is 7.28. The predicted molar refractivity (Wildman–Crippen MR) is 130 cm³/mol. The zero-order valence-corrected chi connectivity index (χ0v) is 19.9. The van der Waals surface area contributed by atoms with Crippen LogP contribution in [0.15, 0.2) is 48.5 Å². The Hall–Kier alpha value is -1.06. The highest BCUT2D eigenvalue weighted by Crippen LogP contribution is 2.35. The van der Waals surface area contributed by atoms with Gasteiger partial charge in [0, 0.05) is 39.6 Å². The third-order valence-electron chi connectivity index (χ3n) is 5.25. The van der Waals surface area contributed by atoms with Gasteiger partial charge < -0.3 is 0 Å². The van der Waals surface area contributed by atoms with Crippen LogP contribution in [0.2, 0.25) is 0 Å². The van der Waals surface area contributed by atoms with E-state index >= 15 is 0 Å². The van der Waals surface area contributed by atoms with Gasteiger partial charge in [-0.1, -0.05) is 110 Å². The Kier molecular flexibility index (Phi) is 10.4. The number of carbonyl (C=O) groups excluding carboxylic acids is 2. The van der Waals surface area contributed by atoms with Crippen molar-refractivity contribution in [3.05, 3.63) is 70.8 Å². The standard InChI is InChI=1S/C24H30IO2P/c1-2-3-4-5-6-7-8-13-18(19-14-9-11-16-21(19)23(25)26)20-15-10-12-17-22(20)24(27)28/h9-12,14-18H,2-8,13,28H2,1H3. The van der Waals surface area contributed by atoms with Gasteiger partial charge in [-0.3, -0.25) is 9.59 Å². The maximum absolute atomic E-state index is 12.2. The van der Waals surface area contributed by atoms with Crippen molar-refractivity contribution in [1.29, 1.82) is 0 Å². The molecule has 0 fully saturated rings. The zero-order chi connectivity index (χ0) is 20.4. The molecule has 0 radical (unpaired) electrons. The van der Waals surface area contributed by atoms with E-state index in [1.807, 2.05) is 71.1 Å². The molecule has 0 aliphatic rings. The summed E-state index contributed by atoms with van der Waals surface area (Å²) in [5, 5.41) is 0. The number of rotatable bonds is 12. The van der Waals surface area contributed by atoms with E-state index < -0.39 is 0 Å². The van der Waals surface area contributed by atoms with E-state index in [-0.39, 0.29) is 15.2 Å². The van der Waals surface area contributed by atoms with Gasteiger partial charge in [0.15, 0.2) is 5.52 Å². The van der Waals surface area contributed by atoms with Crippen LogP contribution in [0.25, 0.3) is 0 Å². The molecule has 0 N–H and O–H groups in total. The van der Waals surface area contributed by atoms with Crippen LogP contribution >= 0.6 is 31.8 Å². The molecule has 0 aliphatic carbocycles. The van der Waals surface area contributed by atoms with E-state index in [0.717, 1.165) is 35.1 Å². The van der Waals surface area contributed by atoms with Gasteiger partial charge in [0.05, 0.1) is 0 Å². The summed E-state index contributed by atoms with van der Waals surface area (Å²) < 4.78 is 0.0486. The smallest absolute Gasteiger partial charge is 0.222 e. The molecule has 2 aromatic rings. The van der Waals surface area contributed by atoms with E-state index in [9.17, 15) is 9.59 Å². The van der Waals surface area contributed by atoms with Crippen LogP contribution in [-0.4, -0.2) is 9.31 Å². The number of hydrogen-bond acceptors (Lipinski definition) is 2. The molecule has 2 nitrogen and oxygen atoms in total. The number of benzene rings is 2. The van der Waals surface area contributed by atoms with Crippen LogP contribution in [0.1, 0.15) is 96.1 Å². The maximum atomic E-state index is 12.2. The van der Waals surface area contributed by atoms with Gasteiger partial charge in [0.2, 0.25) is 3.79 Å². The Morgan fingerprint density at radius 1 is 0.821 bits per heavy atom. The molecular weight excluding hydrogens is 478 g/mol. The monoisotopic (exact) mass is 508 g/mol. The fourth-order valence-electron chi connectivity index (χ4n) is 3.79. The van der Waals surface area contributed by atoms with Crippen molar-refractivity contribution in [3.63, 3.8) is 0 Å². The van der Waals surface area contributed by atoms with Crippen molar-refractivity contribution >= 4 is 41.1 Å². The van der Waals surface area contributed by atoms with E-state index in [1.165, 1.54) is 38.5 Å². The first-order valence-electron chi connectivity index (χ1n) is 10.2. The average molecular weight is 508 g/mol. The van der Waals surface area contributed by atoms with Crippen molar-refractivity contribution in [2.24, 2.45) is 0 Å². The van der Waals surface area contributed by atoms with Crippen LogP contribution in [-0.2, 0) is 0 Å². The van der Waals surface area contributed by atoms with Gasteiger partial charge in [-0.05, 0) is 17.5 Å². The third-order valence-corrected chi connectivity index (χ3v) is 6.14. The summed E-state index contributed by atoms with van der Waals surface area (Å²) >= 11 is 1.86. The van der Waals surface area contributed by atoms with Gasteiger partial charge in [-0.15, -0.1) is 0 Å². The number of carbonyl (C=O) groups is 2. The van der Waals surface area contributed by atoms with Gasteiger partial charge in [0.25, 0.3) is 0 Å². The minimum absolute atomic E-state index is 0.00144. The number of hydrogen-bond donors (Lipinski definition) is 0.